The Bertz CT molecular complexity index is 668. The average Bonchev–Trinajstić information content (AvgIpc) is 3.25. The highest BCUT2D eigenvalue weighted by Gasteiger charge is 2.17. The summed E-state index contributed by atoms with van der Waals surface area (Å²) in [5, 5.41) is 13.1. The molecular weight excluding hydrogens is 402 g/mol. The fourth-order valence-electron chi connectivity index (χ4n) is 3.94. The Morgan fingerprint density at radius 2 is 1.86 bits per heavy atom. The van der Waals surface area contributed by atoms with Crippen molar-refractivity contribution >= 4 is 45.6 Å². The lowest BCUT2D eigenvalue weighted by atomic mass is 10.1. The summed E-state index contributed by atoms with van der Waals surface area (Å²) in [6.07, 6.45) is 6.17. The summed E-state index contributed by atoms with van der Waals surface area (Å²) >= 11 is 6.96. The van der Waals surface area contributed by atoms with Crippen molar-refractivity contribution in [3.05, 3.63) is 24.3 Å². The van der Waals surface area contributed by atoms with Gasteiger partial charge in [0.2, 0.25) is 0 Å². The molecule has 1 saturated carbocycles. The number of amidine groups is 1. The molecule has 4 N–H and O–H groups in total. The lowest BCUT2D eigenvalue weighted by Crippen LogP contribution is -2.46. The third-order valence-corrected chi connectivity index (χ3v) is 6.86. The number of nitrogens with zero attached hydrogens (tertiary/aromatic N) is 3. The third kappa shape index (κ3) is 7.44. The van der Waals surface area contributed by atoms with E-state index in [0.29, 0.717) is 10.3 Å². The van der Waals surface area contributed by atoms with Crippen molar-refractivity contribution in [1.82, 2.24) is 4.90 Å². The minimum atomic E-state index is 0.269. The first-order chi connectivity index (χ1) is 14.1. The molecule has 1 heterocycles. The number of benzene rings is 1. The Morgan fingerprint density at radius 1 is 1.17 bits per heavy atom. The number of aliphatic imine (C=N–C) groups is 1. The van der Waals surface area contributed by atoms with Crippen LogP contribution in [0.15, 0.2) is 29.3 Å². The quantitative estimate of drug-likeness (QED) is 0.345. The Morgan fingerprint density at radius 3 is 2.52 bits per heavy atom. The maximum Gasteiger partial charge on any atom is 0.199 e. The number of anilines is 2. The van der Waals surface area contributed by atoms with Gasteiger partial charge in [-0.2, -0.15) is 4.99 Å². The largest absolute Gasteiger partial charge is 0.396 e. The fourth-order valence-corrected chi connectivity index (χ4v) is 5.11. The number of hydrogen-bond acceptors (Lipinski definition) is 5. The highest BCUT2D eigenvalue weighted by Crippen LogP contribution is 2.27. The normalized spacial score (nSPS) is 18.9. The first-order valence-electron chi connectivity index (χ1n) is 10.6. The Labute approximate surface area is 183 Å². The molecule has 1 saturated heterocycles. The summed E-state index contributed by atoms with van der Waals surface area (Å²) < 4.78 is 0. The van der Waals surface area contributed by atoms with Gasteiger partial charge in [0.15, 0.2) is 10.3 Å². The Hall–Kier alpha value is -1.35. The van der Waals surface area contributed by atoms with Crippen molar-refractivity contribution < 1.29 is 5.11 Å². The van der Waals surface area contributed by atoms with Gasteiger partial charge in [0, 0.05) is 56.5 Å². The van der Waals surface area contributed by atoms with Gasteiger partial charge in [-0.05, 0) is 61.7 Å². The SMILES string of the molecule is N/C(=N\C(=S)Nc1ccc(N2CCN(CCCO)CC2)cc1)SCC1CCCC1. The van der Waals surface area contributed by atoms with Crippen molar-refractivity contribution in [1.29, 1.82) is 0 Å². The monoisotopic (exact) mass is 435 g/mol. The smallest absolute Gasteiger partial charge is 0.199 e. The molecule has 1 aliphatic carbocycles. The molecule has 1 aromatic carbocycles. The van der Waals surface area contributed by atoms with E-state index in [4.69, 9.17) is 23.1 Å². The first-order valence-corrected chi connectivity index (χ1v) is 12.0. The fraction of sp³-hybridized carbons (Fsp3) is 0.619. The van der Waals surface area contributed by atoms with Crippen LogP contribution in [-0.2, 0) is 0 Å². The van der Waals surface area contributed by atoms with Gasteiger partial charge in [-0.25, -0.2) is 0 Å². The third-order valence-electron chi connectivity index (χ3n) is 5.64. The molecule has 8 heteroatoms. The molecule has 1 aromatic rings. The van der Waals surface area contributed by atoms with E-state index in [1.807, 2.05) is 12.1 Å². The number of aliphatic hydroxyl groups is 1. The standard InChI is InChI=1S/C21H33N5OS2/c22-20(29-16-17-4-1-2-5-17)24-21(28)23-18-6-8-19(9-7-18)26-13-11-25(12-14-26)10-3-15-27/h6-9,17,27H,1-5,10-16H2,(H3,22,23,24,28). The van der Waals surface area contributed by atoms with Crippen molar-refractivity contribution in [3.8, 4) is 0 Å². The highest BCUT2D eigenvalue weighted by molar-refractivity contribution is 8.13. The molecular formula is C21H33N5OS2. The van der Waals surface area contributed by atoms with E-state index in [2.05, 4.69) is 32.2 Å². The van der Waals surface area contributed by atoms with E-state index >= 15 is 0 Å². The molecule has 3 rings (SSSR count). The van der Waals surface area contributed by atoms with Gasteiger partial charge in [0.1, 0.15) is 0 Å². The van der Waals surface area contributed by atoms with Crippen LogP contribution in [0.3, 0.4) is 0 Å². The van der Waals surface area contributed by atoms with Gasteiger partial charge >= 0.3 is 0 Å². The number of nitrogens with two attached hydrogens (primary N) is 1. The molecule has 2 fully saturated rings. The van der Waals surface area contributed by atoms with E-state index < -0.39 is 0 Å². The molecule has 2 aliphatic rings. The van der Waals surface area contributed by atoms with Gasteiger partial charge in [0.05, 0.1) is 0 Å². The van der Waals surface area contributed by atoms with Crippen LogP contribution in [0, 0.1) is 5.92 Å². The lowest BCUT2D eigenvalue weighted by molar-refractivity contribution is 0.216. The molecule has 160 valence electrons. The number of nitrogens with one attached hydrogen (secondary N) is 1. The lowest BCUT2D eigenvalue weighted by Gasteiger charge is -2.36. The second-order valence-electron chi connectivity index (χ2n) is 7.79. The summed E-state index contributed by atoms with van der Waals surface area (Å²) in [5.41, 5.74) is 8.18. The molecule has 0 atom stereocenters. The number of piperazine rings is 1. The molecule has 0 amide bonds. The van der Waals surface area contributed by atoms with E-state index in [1.54, 1.807) is 11.8 Å². The van der Waals surface area contributed by atoms with E-state index in [1.165, 1.54) is 31.4 Å². The highest BCUT2D eigenvalue weighted by atomic mass is 32.2. The zero-order chi connectivity index (χ0) is 20.5. The summed E-state index contributed by atoms with van der Waals surface area (Å²) in [6, 6.07) is 8.32. The molecule has 0 bridgehead atoms. The molecule has 6 nitrogen and oxygen atoms in total. The predicted molar refractivity (Wildman–Crippen MR) is 129 cm³/mol. The molecule has 0 aromatic heterocycles. The molecule has 0 unspecified atom stereocenters. The number of thiocarbonyl (C=S) groups is 1. The summed E-state index contributed by atoms with van der Waals surface area (Å²) in [5.74, 6) is 1.82. The molecule has 0 spiro atoms. The molecule has 29 heavy (non-hydrogen) atoms. The maximum atomic E-state index is 8.97. The number of hydrogen-bond donors (Lipinski definition) is 3. The van der Waals surface area contributed by atoms with Crippen LogP contribution in [-0.4, -0.2) is 65.4 Å². The van der Waals surface area contributed by atoms with Crippen molar-refractivity contribution in [2.24, 2.45) is 16.6 Å². The second kappa shape index (κ2) is 11.7. The minimum absolute atomic E-state index is 0.269. The first kappa shape index (κ1) is 22.3. The zero-order valence-corrected chi connectivity index (χ0v) is 18.7. The predicted octanol–water partition coefficient (Wildman–Crippen LogP) is 3.13. The van der Waals surface area contributed by atoms with Crippen molar-refractivity contribution in [2.45, 2.75) is 32.1 Å². The van der Waals surface area contributed by atoms with Crippen LogP contribution in [0.25, 0.3) is 0 Å². The summed E-state index contributed by atoms with van der Waals surface area (Å²) in [4.78, 5) is 9.13. The number of thioether (sulfide) groups is 1. The van der Waals surface area contributed by atoms with Crippen LogP contribution in [0.1, 0.15) is 32.1 Å². The average molecular weight is 436 g/mol. The van der Waals surface area contributed by atoms with Crippen molar-refractivity contribution in [2.75, 3.05) is 55.3 Å². The number of aliphatic hydroxyl groups excluding tert-OH is 1. The summed E-state index contributed by atoms with van der Waals surface area (Å²) in [7, 11) is 0. The maximum absolute atomic E-state index is 8.97. The van der Waals surface area contributed by atoms with E-state index in [9.17, 15) is 0 Å². The van der Waals surface area contributed by atoms with Gasteiger partial charge in [-0.3, -0.25) is 4.90 Å². The van der Waals surface area contributed by atoms with Crippen LogP contribution in [0.5, 0.6) is 0 Å². The van der Waals surface area contributed by atoms with E-state index in [-0.39, 0.29) is 6.61 Å². The Kier molecular flexibility index (Phi) is 9.04. The topological polar surface area (TPSA) is 77.1 Å². The second-order valence-corrected chi connectivity index (χ2v) is 9.22. The van der Waals surface area contributed by atoms with Gasteiger partial charge < -0.3 is 21.1 Å². The van der Waals surface area contributed by atoms with E-state index in [0.717, 1.165) is 56.5 Å². The van der Waals surface area contributed by atoms with Gasteiger partial charge in [-0.15, -0.1) is 0 Å². The minimum Gasteiger partial charge on any atom is -0.396 e. The summed E-state index contributed by atoms with van der Waals surface area (Å²) in [6.45, 7) is 5.34. The molecule has 0 radical (unpaired) electrons. The van der Waals surface area contributed by atoms with Crippen LogP contribution in [0.2, 0.25) is 0 Å². The van der Waals surface area contributed by atoms with Gasteiger partial charge in [0.25, 0.3) is 0 Å². The van der Waals surface area contributed by atoms with Crippen molar-refractivity contribution in [3.63, 3.8) is 0 Å². The van der Waals surface area contributed by atoms with Crippen LogP contribution < -0.4 is 16.0 Å². The van der Waals surface area contributed by atoms with Crippen LogP contribution in [0.4, 0.5) is 11.4 Å². The van der Waals surface area contributed by atoms with Gasteiger partial charge in [-0.1, -0.05) is 24.6 Å². The Balaban J connectivity index is 1.42. The van der Waals surface area contributed by atoms with Crippen LogP contribution >= 0.6 is 24.0 Å². The number of rotatable bonds is 7. The molecule has 1 aliphatic heterocycles. The zero-order valence-electron chi connectivity index (χ0n) is 17.1.